The zero-order chi connectivity index (χ0) is 20.3. The molecular weight excluding hydrogens is 356 g/mol. The highest BCUT2D eigenvalue weighted by Gasteiger charge is 2.32. The number of nitrogens with one attached hydrogen (secondary N) is 1. The van der Waals surface area contributed by atoms with Crippen LogP contribution >= 0.6 is 0 Å². The fourth-order valence-corrected chi connectivity index (χ4v) is 3.63. The van der Waals surface area contributed by atoms with Crippen LogP contribution in [0.2, 0.25) is 0 Å². The van der Waals surface area contributed by atoms with Gasteiger partial charge < -0.3 is 19.7 Å². The molecule has 1 N–H and O–H groups in total. The number of nitrogens with zero attached hydrogens (tertiary/aromatic N) is 1. The van der Waals surface area contributed by atoms with E-state index >= 15 is 0 Å². The number of carbonyl (C=O) groups is 2. The number of hydrogen-bond donors (Lipinski definition) is 1. The van der Waals surface area contributed by atoms with E-state index in [0.717, 1.165) is 17.5 Å². The topological polar surface area (TPSA) is 67.9 Å². The third-order valence-electron chi connectivity index (χ3n) is 5.22. The molecule has 2 aromatic carbocycles. The summed E-state index contributed by atoms with van der Waals surface area (Å²) in [6.07, 6.45) is 0.727. The maximum atomic E-state index is 13.0. The van der Waals surface area contributed by atoms with Crippen molar-refractivity contribution in [2.24, 2.45) is 0 Å². The Hall–Kier alpha value is -3.02. The summed E-state index contributed by atoms with van der Waals surface area (Å²) in [5.41, 5.74) is 2.73. The van der Waals surface area contributed by atoms with E-state index in [-0.39, 0.29) is 17.9 Å². The molecule has 0 radical (unpaired) electrons. The average molecular weight is 382 g/mol. The summed E-state index contributed by atoms with van der Waals surface area (Å²) in [4.78, 5) is 27.2. The lowest BCUT2D eigenvalue weighted by atomic mass is 9.92. The van der Waals surface area contributed by atoms with Gasteiger partial charge in [0, 0.05) is 12.1 Å². The lowest BCUT2D eigenvalue weighted by Crippen LogP contribution is -2.49. The predicted octanol–water partition coefficient (Wildman–Crippen LogP) is 2.97. The van der Waals surface area contributed by atoms with Crippen LogP contribution in [0.25, 0.3) is 0 Å². The van der Waals surface area contributed by atoms with E-state index in [1.54, 1.807) is 45.4 Å². The first-order chi connectivity index (χ1) is 13.5. The lowest BCUT2D eigenvalue weighted by molar-refractivity contribution is -0.135. The van der Waals surface area contributed by atoms with Crippen LogP contribution in [0.4, 0.5) is 0 Å². The van der Waals surface area contributed by atoms with Gasteiger partial charge in [0.15, 0.2) is 11.5 Å². The van der Waals surface area contributed by atoms with E-state index in [0.29, 0.717) is 23.6 Å². The Morgan fingerprint density at radius 1 is 1.11 bits per heavy atom. The molecule has 6 heteroatoms. The highest BCUT2D eigenvalue weighted by atomic mass is 16.5. The quantitative estimate of drug-likeness (QED) is 0.863. The van der Waals surface area contributed by atoms with Gasteiger partial charge in [0.25, 0.3) is 5.91 Å². The highest BCUT2D eigenvalue weighted by Crippen LogP contribution is 2.38. The Labute approximate surface area is 165 Å². The van der Waals surface area contributed by atoms with E-state index in [4.69, 9.17) is 9.47 Å². The molecule has 0 fully saturated rings. The number of fused-ring (bicyclic) bond motifs is 1. The van der Waals surface area contributed by atoms with Gasteiger partial charge in [-0.25, -0.2) is 0 Å². The molecule has 1 aliphatic rings. The molecule has 6 nitrogen and oxygen atoms in total. The number of carbonyl (C=O) groups excluding carboxylic acids is 2. The van der Waals surface area contributed by atoms with Gasteiger partial charge in [-0.05, 0) is 55.7 Å². The second-order valence-electron chi connectivity index (χ2n) is 6.92. The molecule has 2 atom stereocenters. The van der Waals surface area contributed by atoms with Gasteiger partial charge in [-0.3, -0.25) is 9.59 Å². The summed E-state index contributed by atoms with van der Waals surface area (Å²) >= 11 is 0. The lowest BCUT2D eigenvalue weighted by Gasteiger charge is -2.37. The molecule has 1 aliphatic heterocycles. The molecule has 0 saturated heterocycles. The van der Waals surface area contributed by atoms with Gasteiger partial charge in [0.05, 0.1) is 20.3 Å². The van der Waals surface area contributed by atoms with Crippen molar-refractivity contribution in [3.63, 3.8) is 0 Å². The van der Waals surface area contributed by atoms with Gasteiger partial charge in [-0.15, -0.1) is 0 Å². The minimum Gasteiger partial charge on any atom is -0.493 e. The fraction of sp³-hybridized carbons (Fsp3) is 0.364. The van der Waals surface area contributed by atoms with Crippen LogP contribution in [0.3, 0.4) is 0 Å². The maximum Gasteiger partial charge on any atom is 0.251 e. The highest BCUT2D eigenvalue weighted by molar-refractivity contribution is 5.97. The minimum absolute atomic E-state index is 0.0998. The SMILES string of the molecule is COc1cc2c(cc1OC)C(C)N(C(=O)[C@@H](C)NC(=O)c1ccccc1)CC2. The fourth-order valence-electron chi connectivity index (χ4n) is 3.63. The van der Waals surface area contributed by atoms with Crippen LogP contribution in [0.5, 0.6) is 11.5 Å². The molecule has 0 spiro atoms. The Kier molecular flexibility index (Phi) is 5.87. The Morgan fingerprint density at radius 3 is 2.39 bits per heavy atom. The van der Waals surface area contributed by atoms with Crippen molar-refractivity contribution in [2.45, 2.75) is 32.4 Å². The number of rotatable bonds is 5. The summed E-state index contributed by atoms with van der Waals surface area (Å²) in [5, 5.41) is 2.80. The normalized spacial score (nSPS) is 16.7. The zero-order valence-corrected chi connectivity index (χ0v) is 16.7. The summed E-state index contributed by atoms with van der Waals surface area (Å²) < 4.78 is 10.8. The molecule has 28 heavy (non-hydrogen) atoms. The average Bonchev–Trinajstić information content (AvgIpc) is 2.73. The molecule has 0 bridgehead atoms. The maximum absolute atomic E-state index is 13.0. The third kappa shape index (κ3) is 3.81. The van der Waals surface area contributed by atoms with Crippen LogP contribution in [0.1, 0.15) is 41.4 Å². The molecule has 2 aromatic rings. The predicted molar refractivity (Wildman–Crippen MR) is 107 cm³/mol. The van der Waals surface area contributed by atoms with Gasteiger partial charge in [0.1, 0.15) is 6.04 Å². The Morgan fingerprint density at radius 2 is 1.75 bits per heavy atom. The number of ether oxygens (including phenoxy) is 2. The molecule has 0 aliphatic carbocycles. The molecule has 0 saturated carbocycles. The van der Waals surface area contributed by atoms with Crippen molar-refractivity contribution in [1.82, 2.24) is 10.2 Å². The van der Waals surface area contributed by atoms with Crippen LogP contribution in [0, 0.1) is 0 Å². The summed E-state index contributed by atoms with van der Waals surface area (Å²) in [7, 11) is 3.21. The summed E-state index contributed by atoms with van der Waals surface area (Å²) in [6, 6.07) is 12.1. The molecule has 1 unspecified atom stereocenters. The number of hydrogen-bond acceptors (Lipinski definition) is 4. The van der Waals surface area contributed by atoms with Crippen molar-refractivity contribution >= 4 is 11.8 Å². The van der Waals surface area contributed by atoms with Crippen LogP contribution in [-0.4, -0.2) is 43.5 Å². The first-order valence-corrected chi connectivity index (χ1v) is 9.37. The molecule has 2 amide bonds. The van der Waals surface area contributed by atoms with E-state index in [9.17, 15) is 9.59 Å². The molecular formula is C22H26N2O4. The van der Waals surface area contributed by atoms with E-state index in [1.807, 2.05) is 30.0 Å². The smallest absolute Gasteiger partial charge is 0.251 e. The largest absolute Gasteiger partial charge is 0.493 e. The second kappa shape index (κ2) is 8.33. The second-order valence-corrected chi connectivity index (χ2v) is 6.92. The number of benzene rings is 2. The minimum atomic E-state index is -0.614. The first-order valence-electron chi connectivity index (χ1n) is 9.37. The van der Waals surface area contributed by atoms with Gasteiger partial charge in [0.2, 0.25) is 5.91 Å². The van der Waals surface area contributed by atoms with Crippen molar-refractivity contribution in [3.8, 4) is 11.5 Å². The van der Waals surface area contributed by atoms with E-state index < -0.39 is 6.04 Å². The van der Waals surface area contributed by atoms with Crippen LogP contribution in [-0.2, 0) is 11.2 Å². The number of amides is 2. The molecule has 0 aromatic heterocycles. The molecule has 148 valence electrons. The molecule has 3 rings (SSSR count). The number of methoxy groups -OCH3 is 2. The first kappa shape index (κ1) is 19.7. The van der Waals surface area contributed by atoms with Crippen molar-refractivity contribution in [1.29, 1.82) is 0 Å². The van der Waals surface area contributed by atoms with Gasteiger partial charge in [-0.2, -0.15) is 0 Å². The van der Waals surface area contributed by atoms with Gasteiger partial charge in [-0.1, -0.05) is 18.2 Å². The summed E-state index contributed by atoms with van der Waals surface area (Å²) in [5.74, 6) is 0.986. The van der Waals surface area contributed by atoms with E-state index in [2.05, 4.69) is 5.32 Å². The Bertz CT molecular complexity index is 866. The van der Waals surface area contributed by atoms with E-state index in [1.165, 1.54) is 0 Å². The standard InChI is InChI=1S/C22H26N2O4/c1-14(23-21(25)16-8-6-5-7-9-16)22(26)24-11-10-17-12-19(27-3)20(28-4)13-18(17)15(24)2/h5-9,12-15H,10-11H2,1-4H3,(H,23,25)/t14-,15?/m1/s1. The van der Waals surface area contributed by atoms with Gasteiger partial charge >= 0.3 is 0 Å². The zero-order valence-electron chi connectivity index (χ0n) is 16.7. The van der Waals surface area contributed by atoms with Crippen molar-refractivity contribution in [2.75, 3.05) is 20.8 Å². The van der Waals surface area contributed by atoms with Crippen LogP contribution < -0.4 is 14.8 Å². The third-order valence-corrected chi connectivity index (χ3v) is 5.22. The van der Waals surface area contributed by atoms with Crippen LogP contribution in [0.15, 0.2) is 42.5 Å². The summed E-state index contributed by atoms with van der Waals surface area (Å²) in [6.45, 7) is 4.31. The van der Waals surface area contributed by atoms with Crippen molar-refractivity contribution in [3.05, 3.63) is 59.2 Å². The molecule has 1 heterocycles. The monoisotopic (exact) mass is 382 g/mol. The Balaban J connectivity index is 1.75. The van der Waals surface area contributed by atoms with Crippen molar-refractivity contribution < 1.29 is 19.1 Å².